The van der Waals surface area contributed by atoms with E-state index in [0.717, 1.165) is 11.3 Å². The van der Waals surface area contributed by atoms with Crippen LogP contribution in [0.4, 0.5) is 5.69 Å². The van der Waals surface area contributed by atoms with Gasteiger partial charge >= 0.3 is 0 Å². The molecule has 1 aromatic heterocycles. The van der Waals surface area contributed by atoms with Gasteiger partial charge in [-0.15, -0.1) is 11.8 Å². The van der Waals surface area contributed by atoms with Crippen molar-refractivity contribution in [3.63, 3.8) is 0 Å². The average Bonchev–Trinajstić information content (AvgIpc) is 3.05. The number of aromatic nitrogens is 2. The molecule has 0 saturated carbocycles. The van der Waals surface area contributed by atoms with E-state index in [0.29, 0.717) is 24.5 Å². The molecule has 0 radical (unpaired) electrons. The molecular formula is C26H32N4O4S. The molecular weight excluding hydrogens is 464 g/mol. The van der Waals surface area contributed by atoms with Gasteiger partial charge in [0.05, 0.1) is 28.9 Å². The van der Waals surface area contributed by atoms with Crippen LogP contribution in [0.2, 0.25) is 0 Å². The SMILES string of the molecule is Cc1cccc(OCCN(C)C(=O)CSC(C)C(=O)Nc2c(C)n(C)n(-c3ccccc3)c2=O)c1. The summed E-state index contributed by atoms with van der Waals surface area (Å²) in [7, 11) is 3.49. The number of likely N-dealkylation sites (N-methyl/N-ethyl adjacent to an activating group) is 1. The summed E-state index contributed by atoms with van der Waals surface area (Å²) in [6.07, 6.45) is 0. The second-order valence-corrected chi connectivity index (χ2v) is 9.69. The molecule has 0 bridgehead atoms. The Morgan fingerprint density at radius 3 is 2.51 bits per heavy atom. The molecule has 0 aliphatic carbocycles. The fourth-order valence-electron chi connectivity index (χ4n) is 3.45. The van der Waals surface area contributed by atoms with Crippen molar-refractivity contribution < 1.29 is 14.3 Å². The van der Waals surface area contributed by atoms with Crippen molar-refractivity contribution >= 4 is 29.3 Å². The average molecular weight is 497 g/mol. The van der Waals surface area contributed by atoms with E-state index in [4.69, 9.17) is 4.74 Å². The zero-order valence-electron chi connectivity index (χ0n) is 20.8. The molecule has 1 unspecified atom stereocenters. The lowest BCUT2D eigenvalue weighted by atomic mass is 10.2. The highest BCUT2D eigenvalue weighted by molar-refractivity contribution is 8.01. The Balaban J connectivity index is 1.51. The van der Waals surface area contributed by atoms with Crippen LogP contribution in [0.3, 0.4) is 0 Å². The fourth-order valence-corrected chi connectivity index (χ4v) is 4.27. The van der Waals surface area contributed by atoms with E-state index in [1.807, 2.05) is 61.5 Å². The van der Waals surface area contributed by atoms with Gasteiger partial charge in [-0.25, -0.2) is 4.68 Å². The van der Waals surface area contributed by atoms with Gasteiger partial charge in [-0.1, -0.05) is 30.3 Å². The van der Waals surface area contributed by atoms with Gasteiger partial charge in [0.25, 0.3) is 5.56 Å². The van der Waals surface area contributed by atoms with Crippen molar-refractivity contribution in [2.45, 2.75) is 26.0 Å². The molecule has 186 valence electrons. The van der Waals surface area contributed by atoms with Crippen molar-refractivity contribution in [3.05, 3.63) is 76.2 Å². The van der Waals surface area contributed by atoms with E-state index in [2.05, 4.69) is 5.32 Å². The molecule has 0 spiro atoms. The molecule has 2 aromatic carbocycles. The van der Waals surface area contributed by atoms with Crippen molar-refractivity contribution in [1.82, 2.24) is 14.3 Å². The van der Waals surface area contributed by atoms with Crippen LogP contribution in [-0.4, -0.2) is 57.3 Å². The Hall–Kier alpha value is -3.46. The van der Waals surface area contributed by atoms with E-state index < -0.39 is 5.25 Å². The van der Waals surface area contributed by atoms with Gasteiger partial charge in [-0.3, -0.25) is 19.1 Å². The number of nitrogens with zero attached hydrogens (tertiary/aromatic N) is 3. The van der Waals surface area contributed by atoms with Crippen LogP contribution >= 0.6 is 11.8 Å². The highest BCUT2D eigenvalue weighted by Gasteiger charge is 2.22. The van der Waals surface area contributed by atoms with Gasteiger partial charge < -0.3 is 15.0 Å². The molecule has 0 aliphatic heterocycles. The monoisotopic (exact) mass is 496 g/mol. The number of rotatable bonds is 10. The number of aryl methyl sites for hydroxylation is 1. The Morgan fingerprint density at radius 2 is 1.83 bits per heavy atom. The molecule has 3 aromatic rings. The number of anilines is 1. The normalized spacial score (nSPS) is 11.7. The maximum atomic E-state index is 13.0. The number of carbonyl (C=O) groups is 2. The number of hydrogen-bond acceptors (Lipinski definition) is 5. The van der Waals surface area contributed by atoms with Gasteiger partial charge in [0.1, 0.15) is 18.0 Å². The highest BCUT2D eigenvalue weighted by atomic mass is 32.2. The molecule has 2 amide bonds. The number of amides is 2. The van der Waals surface area contributed by atoms with Crippen LogP contribution in [-0.2, 0) is 16.6 Å². The molecule has 1 N–H and O–H groups in total. The second-order valence-electron chi connectivity index (χ2n) is 8.36. The van der Waals surface area contributed by atoms with Crippen LogP contribution < -0.4 is 15.6 Å². The zero-order chi connectivity index (χ0) is 25.5. The summed E-state index contributed by atoms with van der Waals surface area (Å²) in [4.78, 5) is 39.9. The quantitative estimate of drug-likeness (QED) is 0.465. The van der Waals surface area contributed by atoms with E-state index >= 15 is 0 Å². The first-order valence-corrected chi connectivity index (χ1v) is 12.4. The lowest BCUT2D eigenvalue weighted by molar-refractivity contribution is -0.127. The lowest BCUT2D eigenvalue weighted by Crippen LogP contribution is -2.33. The van der Waals surface area contributed by atoms with Crippen LogP contribution in [0.15, 0.2) is 59.4 Å². The molecule has 3 rings (SSSR count). The molecule has 0 saturated heterocycles. The van der Waals surface area contributed by atoms with Gasteiger partial charge in [-0.05, 0) is 50.6 Å². The summed E-state index contributed by atoms with van der Waals surface area (Å²) in [5.74, 6) is 0.509. The minimum absolute atomic E-state index is 0.0928. The first-order valence-electron chi connectivity index (χ1n) is 11.4. The molecule has 0 aliphatic rings. The van der Waals surface area contributed by atoms with Crippen LogP contribution in [0.1, 0.15) is 18.2 Å². The standard InChI is InChI=1S/C26H32N4O4S/c1-18-10-9-13-22(16-18)34-15-14-28(4)23(31)17-35-20(3)25(32)27-24-19(2)29(5)30(26(24)33)21-11-7-6-8-12-21/h6-13,16,20H,14-15,17H2,1-5H3,(H,27,32). The molecule has 9 heteroatoms. The lowest BCUT2D eigenvalue weighted by Gasteiger charge is -2.18. The van der Waals surface area contributed by atoms with E-state index in [9.17, 15) is 14.4 Å². The van der Waals surface area contributed by atoms with Gasteiger partial charge in [-0.2, -0.15) is 0 Å². The minimum atomic E-state index is -0.514. The Kier molecular flexibility index (Phi) is 8.81. The third-order valence-electron chi connectivity index (χ3n) is 5.74. The van der Waals surface area contributed by atoms with Crippen molar-refractivity contribution in [1.29, 1.82) is 0 Å². The summed E-state index contributed by atoms with van der Waals surface area (Å²) in [5, 5.41) is 2.25. The predicted molar refractivity (Wildman–Crippen MR) is 141 cm³/mol. The van der Waals surface area contributed by atoms with Crippen LogP contribution in [0, 0.1) is 13.8 Å². The minimum Gasteiger partial charge on any atom is -0.492 e. The third kappa shape index (κ3) is 6.57. The van der Waals surface area contributed by atoms with Crippen molar-refractivity contribution in [2.24, 2.45) is 7.05 Å². The fraction of sp³-hybridized carbons (Fsp3) is 0.346. The zero-order valence-corrected chi connectivity index (χ0v) is 21.6. The number of thioether (sulfide) groups is 1. The number of hydrogen-bond donors (Lipinski definition) is 1. The van der Waals surface area contributed by atoms with Crippen LogP contribution in [0.5, 0.6) is 5.75 Å². The smallest absolute Gasteiger partial charge is 0.295 e. The third-order valence-corrected chi connectivity index (χ3v) is 6.87. The summed E-state index contributed by atoms with van der Waals surface area (Å²) >= 11 is 1.23. The Labute approximate surface area is 209 Å². The number of benzene rings is 2. The second kappa shape index (κ2) is 11.8. The predicted octanol–water partition coefficient (Wildman–Crippen LogP) is 3.39. The first kappa shape index (κ1) is 26.2. The number of nitrogens with one attached hydrogen (secondary N) is 1. The van der Waals surface area contributed by atoms with Gasteiger partial charge in [0.2, 0.25) is 11.8 Å². The van der Waals surface area contributed by atoms with E-state index in [-0.39, 0.29) is 28.8 Å². The maximum Gasteiger partial charge on any atom is 0.295 e. The van der Waals surface area contributed by atoms with E-state index in [1.165, 1.54) is 16.4 Å². The molecule has 0 fully saturated rings. The summed E-state index contributed by atoms with van der Waals surface area (Å²) in [6, 6.07) is 17.0. The van der Waals surface area contributed by atoms with Crippen molar-refractivity contribution in [3.8, 4) is 11.4 Å². The van der Waals surface area contributed by atoms with Gasteiger partial charge in [0, 0.05) is 14.1 Å². The maximum absolute atomic E-state index is 13.0. The first-order chi connectivity index (χ1) is 16.7. The largest absolute Gasteiger partial charge is 0.492 e. The van der Waals surface area contributed by atoms with E-state index in [1.54, 1.807) is 37.5 Å². The summed E-state index contributed by atoms with van der Waals surface area (Å²) < 4.78 is 8.93. The number of carbonyl (C=O) groups excluding carboxylic acids is 2. The molecule has 8 nitrogen and oxygen atoms in total. The molecule has 1 atom stereocenters. The molecule has 1 heterocycles. The summed E-state index contributed by atoms with van der Waals surface area (Å²) in [6.45, 7) is 6.33. The summed E-state index contributed by atoms with van der Waals surface area (Å²) in [5.41, 5.74) is 2.41. The Morgan fingerprint density at radius 1 is 1.11 bits per heavy atom. The van der Waals surface area contributed by atoms with Crippen LogP contribution in [0.25, 0.3) is 5.69 Å². The topological polar surface area (TPSA) is 85.6 Å². The molecule has 35 heavy (non-hydrogen) atoms. The number of ether oxygens (including phenoxy) is 1. The van der Waals surface area contributed by atoms with Crippen molar-refractivity contribution in [2.75, 3.05) is 31.3 Å². The highest BCUT2D eigenvalue weighted by Crippen LogP contribution is 2.18. The number of para-hydroxylation sites is 1. The Bertz CT molecular complexity index is 1240. The van der Waals surface area contributed by atoms with Gasteiger partial charge in [0.15, 0.2) is 0 Å².